The first-order valence-corrected chi connectivity index (χ1v) is 7.66. The molecule has 6 nitrogen and oxygen atoms in total. The van der Waals surface area contributed by atoms with Crippen LogP contribution in [0.25, 0.3) is 0 Å². The van der Waals surface area contributed by atoms with E-state index in [0.29, 0.717) is 12.3 Å². The quantitative estimate of drug-likeness (QED) is 0.853. The van der Waals surface area contributed by atoms with Gasteiger partial charge in [0.1, 0.15) is 5.82 Å². The second-order valence-corrected chi connectivity index (χ2v) is 5.95. The number of carbonyl (C=O) groups is 1. The third kappa shape index (κ3) is 2.85. The van der Waals surface area contributed by atoms with E-state index in [1.807, 2.05) is 6.92 Å². The van der Waals surface area contributed by atoms with Crippen LogP contribution in [0.4, 0.5) is 0 Å². The van der Waals surface area contributed by atoms with Crippen molar-refractivity contribution in [2.75, 3.05) is 13.1 Å². The molecule has 1 aromatic heterocycles. The Morgan fingerprint density at radius 2 is 2.25 bits per heavy atom. The summed E-state index contributed by atoms with van der Waals surface area (Å²) in [7, 11) is 0. The predicted molar refractivity (Wildman–Crippen MR) is 75.1 cm³/mol. The standard InChI is InChI=1S/C14H23N5O/c1-10(16-13(20)7-11-8-15-9-11)14-18-17-12-5-3-2-4-6-19(12)14/h10-11,15H,2-9H2,1H3,(H,16,20). The third-order valence-corrected chi connectivity index (χ3v) is 4.24. The Labute approximate surface area is 119 Å². The van der Waals surface area contributed by atoms with Crippen LogP contribution >= 0.6 is 0 Å². The summed E-state index contributed by atoms with van der Waals surface area (Å²) >= 11 is 0. The molecule has 3 rings (SSSR count). The topological polar surface area (TPSA) is 71.8 Å². The molecule has 110 valence electrons. The molecular weight excluding hydrogens is 254 g/mol. The highest BCUT2D eigenvalue weighted by Crippen LogP contribution is 2.19. The Kier molecular flexibility index (Phi) is 4.00. The smallest absolute Gasteiger partial charge is 0.220 e. The normalized spacial score (nSPS) is 20.6. The summed E-state index contributed by atoms with van der Waals surface area (Å²) in [5, 5.41) is 14.8. The number of aromatic nitrogens is 3. The Bertz CT molecular complexity index is 480. The Morgan fingerprint density at radius 1 is 1.40 bits per heavy atom. The highest BCUT2D eigenvalue weighted by atomic mass is 16.1. The summed E-state index contributed by atoms with van der Waals surface area (Å²) in [5.74, 6) is 2.59. The molecule has 1 amide bonds. The molecule has 20 heavy (non-hydrogen) atoms. The molecule has 0 spiro atoms. The SMILES string of the molecule is CC(NC(=O)CC1CNC1)c1nnc2n1CCCCC2. The van der Waals surface area contributed by atoms with Crippen molar-refractivity contribution in [1.82, 2.24) is 25.4 Å². The van der Waals surface area contributed by atoms with Crippen molar-refractivity contribution < 1.29 is 4.79 Å². The average molecular weight is 277 g/mol. The number of amides is 1. The number of rotatable bonds is 4. The van der Waals surface area contributed by atoms with Crippen LogP contribution in [0.5, 0.6) is 0 Å². The maximum atomic E-state index is 12.0. The van der Waals surface area contributed by atoms with E-state index in [-0.39, 0.29) is 11.9 Å². The van der Waals surface area contributed by atoms with Crippen molar-refractivity contribution in [3.8, 4) is 0 Å². The fourth-order valence-electron chi connectivity index (χ4n) is 2.95. The fourth-order valence-corrected chi connectivity index (χ4v) is 2.95. The van der Waals surface area contributed by atoms with E-state index in [4.69, 9.17) is 0 Å². The second kappa shape index (κ2) is 5.91. The maximum absolute atomic E-state index is 12.0. The number of nitrogens with zero attached hydrogens (tertiary/aromatic N) is 3. The van der Waals surface area contributed by atoms with Gasteiger partial charge in [-0.1, -0.05) is 6.42 Å². The number of carbonyl (C=O) groups excluding carboxylic acids is 1. The molecule has 0 aromatic carbocycles. The zero-order chi connectivity index (χ0) is 13.9. The zero-order valence-corrected chi connectivity index (χ0v) is 12.1. The van der Waals surface area contributed by atoms with Crippen molar-refractivity contribution in [3.05, 3.63) is 11.6 Å². The molecule has 2 N–H and O–H groups in total. The molecule has 0 radical (unpaired) electrons. The fraction of sp³-hybridized carbons (Fsp3) is 0.786. The lowest BCUT2D eigenvalue weighted by molar-refractivity contribution is -0.123. The van der Waals surface area contributed by atoms with Crippen LogP contribution in [0.2, 0.25) is 0 Å². The molecule has 0 saturated carbocycles. The lowest BCUT2D eigenvalue weighted by Gasteiger charge is -2.27. The van der Waals surface area contributed by atoms with Crippen molar-refractivity contribution in [2.24, 2.45) is 5.92 Å². The van der Waals surface area contributed by atoms with Gasteiger partial charge in [0.2, 0.25) is 5.91 Å². The molecule has 3 heterocycles. The zero-order valence-electron chi connectivity index (χ0n) is 12.1. The van der Waals surface area contributed by atoms with Crippen molar-refractivity contribution >= 4 is 5.91 Å². The first-order valence-electron chi connectivity index (χ1n) is 7.66. The maximum Gasteiger partial charge on any atom is 0.220 e. The van der Waals surface area contributed by atoms with Crippen molar-refractivity contribution in [2.45, 2.75) is 51.6 Å². The van der Waals surface area contributed by atoms with Gasteiger partial charge in [-0.2, -0.15) is 0 Å². The van der Waals surface area contributed by atoms with Crippen LogP contribution in [-0.2, 0) is 17.8 Å². The highest BCUT2D eigenvalue weighted by molar-refractivity contribution is 5.76. The minimum atomic E-state index is -0.0603. The van der Waals surface area contributed by atoms with Crippen LogP contribution in [0.3, 0.4) is 0 Å². The predicted octanol–water partition coefficient (Wildman–Crippen LogP) is 0.791. The van der Waals surface area contributed by atoms with E-state index in [1.165, 1.54) is 19.3 Å². The van der Waals surface area contributed by atoms with Gasteiger partial charge in [0, 0.05) is 19.4 Å². The molecule has 1 saturated heterocycles. The number of hydrogen-bond acceptors (Lipinski definition) is 4. The number of fused-ring (bicyclic) bond motifs is 1. The van der Waals surface area contributed by atoms with Gasteiger partial charge in [-0.05, 0) is 38.8 Å². The summed E-state index contributed by atoms with van der Waals surface area (Å²) in [6.07, 6.45) is 5.22. The average Bonchev–Trinajstić information content (AvgIpc) is 2.63. The molecule has 0 bridgehead atoms. The van der Waals surface area contributed by atoms with Gasteiger partial charge in [0.15, 0.2) is 5.82 Å². The van der Waals surface area contributed by atoms with Crippen molar-refractivity contribution in [1.29, 1.82) is 0 Å². The second-order valence-electron chi connectivity index (χ2n) is 5.95. The van der Waals surface area contributed by atoms with Crippen LogP contribution in [-0.4, -0.2) is 33.8 Å². The van der Waals surface area contributed by atoms with E-state index < -0.39 is 0 Å². The summed E-state index contributed by atoms with van der Waals surface area (Å²) in [4.78, 5) is 12.0. The highest BCUT2D eigenvalue weighted by Gasteiger charge is 2.23. The van der Waals surface area contributed by atoms with E-state index >= 15 is 0 Å². The van der Waals surface area contributed by atoms with Gasteiger partial charge in [-0.25, -0.2) is 0 Å². The van der Waals surface area contributed by atoms with Gasteiger partial charge < -0.3 is 15.2 Å². The van der Waals surface area contributed by atoms with Gasteiger partial charge >= 0.3 is 0 Å². The van der Waals surface area contributed by atoms with E-state index in [1.54, 1.807) is 0 Å². The van der Waals surface area contributed by atoms with E-state index in [2.05, 4.69) is 25.4 Å². The molecule has 2 aliphatic rings. The number of aryl methyl sites for hydroxylation is 1. The monoisotopic (exact) mass is 277 g/mol. The largest absolute Gasteiger partial charge is 0.346 e. The Morgan fingerprint density at radius 3 is 3.00 bits per heavy atom. The van der Waals surface area contributed by atoms with Crippen LogP contribution < -0.4 is 10.6 Å². The van der Waals surface area contributed by atoms with Crippen LogP contribution in [0, 0.1) is 5.92 Å². The lowest BCUT2D eigenvalue weighted by Crippen LogP contribution is -2.44. The molecule has 1 unspecified atom stereocenters. The lowest BCUT2D eigenvalue weighted by atomic mass is 9.99. The van der Waals surface area contributed by atoms with E-state index in [0.717, 1.165) is 37.7 Å². The summed E-state index contributed by atoms with van der Waals surface area (Å²) in [6.45, 7) is 4.90. The van der Waals surface area contributed by atoms with E-state index in [9.17, 15) is 4.79 Å². The Hall–Kier alpha value is -1.43. The molecule has 2 aliphatic heterocycles. The van der Waals surface area contributed by atoms with Crippen molar-refractivity contribution in [3.63, 3.8) is 0 Å². The summed E-state index contributed by atoms with van der Waals surface area (Å²) < 4.78 is 2.20. The molecule has 6 heteroatoms. The van der Waals surface area contributed by atoms with Gasteiger partial charge in [0.25, 0.3) is 0 Å². The van der Waals surface area contributed by atoms with Gasteiger partial charge in [-0.3, -0.25) is 4.79 Å². The first-order chi connectivity index (χ1) is 9.74. The molecule has 1 aromatic rings. The molecule has 1 atom stereocenters. The minimum absolute atomic E-state index is 0.0603. The Balaban J connectivity index is 1.62. The number of nitrogens with one attached hydrogen (secondary N) is 2. The third-order valence-electron chi connectivity index (χ3n) is 4.24. The molecule has 0 aliphatic carbocycles. The van der Waals surface area contributed by atoms with Crippen LogP contribution in [0.1, 0.15) is 50.3 Å². The first kappa shape index (κ1) is 13.5. The minimum Gasteiger partial charge on any atom is -0.346 e. The summed E-state index contributed by atoms with van der Waals surface area (Å²) in [6, 6.07) is -0.0603. The van der Waals surface area contributed by atoms with Gasteiger partial charge in [-0.15, -0.1) is 10.2 Å². The van der Waals surface area contributed by atoms with Crippen LogP contribution in [0.15, 0.2) is 0 Å². The molecular formula is C14H23N5O. The summed E-state index contributed by atoms with van der Waals surface area (Å²) in [5.41, 5.74) is 0. The molecule has 1 fully saturated rings. The van der Waals surface area contributed by atoms with Gasteiger partial charge in [0.05, 0.1) is 6.04 Å². The number of hydrogen-bond donors (Lipinski definition) is 2.